The molecule has 1 aliphatic carbocycles. The van der Waals surface area contributed by atoms with Gasteiger partial charge < -0.3 is 15.2 Å². The van der Waals surface area contributed by atoms with E-state index in [1.54, 1.807) is 6.08 Å². The number of hydrogen-bond donors (Lipinski definition) is 2. The number of benzene rings is 1. The number of allylic oxidation sites excluding steroid dienone is 3. The van der Waals surface area contributed by atoms with Crippen molar-refractivity contribution in [3.63, 3.8) is 0 Å². The third kappa shape index (κ3) is 3.33. The summed E-state index contributed by atoms with van der Waals surface area (Å²) in [5.41, 5.74) is -1.22. The van der Waals surface area contributed by atoms with E-state index in [4.69, 9.17) is 4.74 Å². The zero-order valence-electron chi connectivity index (χ0n) is 14.8. The van der Waals surface area contributed by atoms with Crippen molar-refractivity contribution >= 4 is 5.69 Å². The van der Waals surface area contributed by atoms with Crippen LogP contribution in [0.2, 0.25) is 0 Å². The highest BCUT2D eigenvalue weighted by atomic mass is 19.4. The Kier molecular flexibility index (Phi) is 4.95. The van der Waals surface area contributed by atoms with E-state index in [0.717, 1.165) is 6.07 Å². The van der Waals surface area contributed by atoms with Crippen LogP contribution in [0.25, 0.3) is 0 Å². The van der Waals surface area contributed by atoms with Gasteiger partial charge in [0.25, 0.3) is 0 Å². The van der Waals surface area contributed by atoms with Crippen LogP contribution in [0.5, 0.6) is 0 Å². The lowest BCUT2D eigenvalue weighted by molar-refractivity contribution is -0.141. The molecule has 28 heavy (non-hydrogen) atoms. The molecule has 2 unspecified atom stereocenters. The number of rotatable bonds is 2. The van der Waals surface area contributed by atoms with Crippen LogP contribution in [0.1, 0.15) is 36.5 Å². The Balaban J connectivity index is 1.76. The summed E-state index contributed by atoms with van der Waals surface area (Å²) in [5.74, 6) is -2.06. The summed E-state index contributed by atoms with van der Waals surface area (Å²) in [7, 11) is 0. The minimum Gasteiger partial charge on any atom is -0.394 e. The standard InChI is InChI=1S/C20H20F5NO2/c21-11-3-1-10(2-4-11)18-13-6-5-12(9-27)28-19(13)16-15(26-18)8-7-14(17(16)22)20(23,24)25/h1,3-4,7-8,10,12-13,18-19,26-27H,2,5-6,9H2/t10?,12?,13-,18-,19-/m0/s1. The number of aliphatic hydroxyl groups is 1. The van der Waals surface area contributed by atoms with E-state index in [2.05, 4.69) is 5.32 Å². The Bertz CT molecular complexity index is 820. The predicted molar refractivity (Wildman–Crippen MR) is 92.7 cm³/mol. The van der Waals surface area contributed by atoms with Crippen molar-refractivity contribution in [3.05, 3.63) is 53.1 Å². The molecule has 0 radical (unpaired) electrons. The molecular weight excluding hydrogens is 381 g/mol. The van der Waals surface area contributed by atoms with E-state index in [-0.39, 0.29) is 41.6 Å². The van der Waals surface area contributed by atoms with Gasteiger partial charge in [-0.2, -0.15) is 13.2 Å². The van der Waals surface area contributed by atoms with Gasteiger partial charge in [-0.3, -0.25) is 0 Å². The van der Waals surface area contributed by atoms with Gasteiger partial charge in [0.15, 0.2) is 0 Å². The van der Waals surface area contributed by atoms with Crippen LogP contribution in [0.4, 0.5) is 27.6 Å². The number of nitrogens with one attached hydrogen (secondary N) is 1. The normalized spacial score (nSPS) is 32.2. The molecule has 1 fully saturated rings. The van der Waals surface area contributed by atoms with Gasteiger partial charge in [0.1, 0.15) is 11.6 Å². The van der Waals surface area contributed by atoms with E-state index in [1.165, 1.54) is 18.2 Å². The molecule has 1 aromatic carbocycles. The third-order valence-corrected chi connectivity index (χ3v) is 5.86. The zero-order valence-corrected chi connectivity index (χ0v) is 14.8. The van der Waals surface area contributed by atoms with Crippen molar-refractivity contribution in [2.45, 2.75) is 43.7 Å². The first-order valence-corrected chi connectivity index (χ1v) is 9.26. The maximum Gasteiger partial charge on any atom is 0.419 e. The first kappa shape index (κ1) is 19.4. The van der Waals surface area contributed by atoms with Gasteiger partial charge in [-0.25, -0.2) is 8.78 Å². The van der Waals surface area contributed by atoms with Crippen molar-refractivity contribution in [2.24, 2.45) is 11.8 Å². The second-order valence-corrected chi connectivity index (χ2v) is 7.51. The molecule has 5 atom stereocenters. The van der Waals surface area contributed by atoms with Gasteiger partial charge in [-0.1, -0.05) is 6.08 Å². The summed E-state index contributed by atoms with van der Waals surface area (Å²) in [6.07, 6.45) is -0.201. The second kappa shape index (κ2) is 7.15. The van der Waals surface area contributed by atoms with Crippen LogP contribution >= 0.6 is 0 Å². The smallest absolute Gasteiger partial charge is 0.394 e. The van der Waals surface area contributed by atoms with Crippen LogP contribution in [-0.2, 0) is 10.9 Å². The third-order valence-electron chi connectivity index (χ3n) is 5.86. The molecule has 0 bridgehead atoms. The molecule has 3 nitrogen and oxygen atoms in total. The summed E-state index contributed by atoms with van der Waals surface area (Å²) in [6.45, 7) is -0.283. The monoisotopic (exact) mass is 401 g/mol. The predicted octanol–water partition coefficient (Wildman–Crippen LogP) is 4.90. The number of ether oxygens (including phenoxy) is 1. The lowest BCUT2D eigenvalue weighted by Gasteiger charge is -2.47. The number of aliphatic hydroxyl groups excluding tert-OH is 1. The first-order valence-electron chi connectivity index (χ1n) is 9.26. The van der Waals surface area contributed by atoms with E-state index in [9.17, 15) is 27.1 Å². The van der Waals surface area contributed by atoms with Gasteiger partial charge in [0.2, 0.25) is 0 Å². The molecule has 152 valence electrons. The molecule has 4 rings (SSSR count). The minimum absolute atomic E-state index is 0.0974. The number of alkyl halides is 3. The van der Waals surface area contributed by atoms with Gasteiger partial charge in [-0.15, -0.1) is 0 Å². The summed E-state index contributed by atoms with van der Waals surface area (Å²) in [4.78, 5) is 0. The Morgan fingerprint density at radius 2 is 1.96 bits per heavy atom. The molecule has 0 aromatic heterocycles. The zero-order chi connectivity index (χ0) is 20.1. The maximum atomic E-state index is 14.9. The van der Waals surface area contributed by atoms with E-state index in [0.29, 0.717) is 19.3 Å². The van der Waals surface area contributed by atoms with Crippen molar-refractivity contribution in [2.75, 3.05) is 11.9 Å². The second-order valence-electron chi connectivity index (χ2n) is 7.51. The Morgan fingerprint density at radius 3 is 2.61 bits per heavy atom. The summed E-state index contributed by atoms with van der Waals surface area (Å²) in [5, 5.41) is 12.6. The van der Waals surface area contributed by atoms with Gasteiger partial charge in [0, 0.05) is 29.1 Å². The van der Waals surface area contributed by atoms with Gasteiger partial charge in [0.05, 0.1) is 24.4 Å². The number of fused-ring (bicyclic) bond motifs is 3. The molecule has 0 amide bonds. The van der Waals surface area contributed by atoms with Crippen LogP contribution < -0.4 is 5.32 Å². The first-order chi connectivity index (χ1) is 13.3. The molecule has 2 aliphatic heterocycles. The highest BCUT2D eigenvalue weighted by Gasteiger charge is 2.47. The Labute approximate surface area is 158 Å². The molecule has 1 aromatic rings. The largest absolute Gasteiger partial charge is 0.419 e. The van der Waals surface area contributed by atoms with E-state index < -0.39 is 29.8 Å². The molecule has 0 saturated carbocycles. The van der Waals surface area contributed by atoms with E-state index >= 15 is 0 Å². The average Bonchev–Trinajstić information content (AvgIpc) is 2.66. The van der Waals surface area contributed by atoms with Crippen LogP contribution in [0, 0.1) is 17.7 Å². The summed E-state index contributed by atoms with van der Waals surface area (Å²) >= 11 is 0. The van der Waals surface area contributed by atoms with Gasteiger partial charge >= 0.3 is 6.18 Å². The molecule has 3 aliphatic rings. The molecule has 8 heteroatoms. The minimum atomic E-state index is -4.81. The Hall–Kier alpha value is -1.93. The molecule has 2 heterocycles. The molecular formula is C20H20F5NO2. The fraction of sp³-hybridized carbons (Fsp3) is 0.500. The summed E-state index contributed by atoms with van der Waals surface area (Å²) in [6, 6.07) is 1.70. The molecule has 0 spiro atoms. The lowest BCUT2D eigenvalue weighted by Crippen LogP contribution is -2.47. The van der Waals surface area contributed by atoms with Gasteiger partial charge in [-0.05, 0) is 43.5 Å². The van der Waals surface area contributed by atoms with Crippen molar-refractivity contribution in [3.8, 4) is 0 Å². The fourth-order valence-electron chi connectivity index (χ4n) is 4.49. The fourth-order valence-corrected chi connectivity index (χ4v) is 4.49. The van der Waals surface area contributed by atoms with E-state index in [1.807, 2.05) is 0 Å². The van der Waals surface area contributed by atoms with Crippen molar-refractivity contribution in [1.29, 1.82) is 0 Å². The van der Waals surface area contributed by atoms with Crippen LogP contribution in [0.15, 0.2) is 36.2 Å². The number of hydrogen-bond acceptors (Lipinski definition) is 3. The van der Waals surface area contributed by atoms with Crippen LogP contribution in [0.3, 0.4) is 0 Å². The maximum absolute atomic E-state index is 14.9. The number of halogens is 5. The average molecular weight is 401 g/mol. The topological polar surface area (TPSA) is 41.5 Å². The Morgan fingerprint density at radius 1 is 1.18 bits per heavy atom. The SMILES string of the molecule is OCC1CC[C@@H]2[C@H](O1)c1c(ccc(C(F)(F)F)c1F)N[C@H]2C1C=CC(F)=CC1. The highest BCUT2D eigenvalue weighted by Crippen LogP contribution is 2.50. The van der Waals surface area contributed by atoms with Crippen LogP contribution in [-0.4, -0.2) is 23.9 Å². The number of anilines is 1. The molecule has 2 N–H and O–H groups in total. The van der Waals surface area contributed by atoms with Crippen molar-refractivity contribution in [1.82, 2.24) is 0 Å². The lowest BCUT2D eigenvalue weighted by atomic mass is 9.72. The quantitative estimate of drug-likeness (QED) is 0.693. The van der Waals surface area contributed by atoms with Crippen molar-refractivity contribution < 1.29 is 31.8 Å². The molecule has 1 saturated heterocycles. The highest BCUT2D eigenvalue weighted by molar-refractivity contribution is 5.59. The summed E-state index contributed by atoms with van der Waals surface area (Å²) < 4.78 is 73.7.